The number of rotatable bonds is 20. The van der Waals surface area contributed by atoms with Crippen LogP contribution in [0.3, 0.4) is 0 Å². The zero-order valence-electron chi connectivity index (χ0n) is 38.2. The highest BCUT2D eigenvalue weighted by atomic mass is 16.7. The number of nitrogen functional groups attached to an aromatic ring is 1. The Bertz CT molecular complexity index is 2810. The zero-order chi connectivity index (χ0) is 49.7. The third-order valence-corrected chi connectivity index (χ3v) is 11.9. The Hall–Kier alpha value is -7.30. The Morgan fingerprint density at radius 1 is 0.841 bits per heavy atom. The minimum Gasteiger partial charge on any atom is -0.479 e. The molecule has 1 fully saturated rings. The molecule has 0 bridgehead atoms. The number of carbonyl (C=O) groups excluding carboxylic acids is 4. The fourth-order valence-electron chi connectivity index (χ4n) is 8.40. The van der Waals surface area contributed by atoms with Crippen LogP contribution in [0, 0.1) is 0 Å². The number of aromatic nitrogens is 3. The molecule has 1 saturated heterocycles. The molecule has 2 aromatic heterocycles. The van der Waals surface area contributed by atoms with Crippen molar-refractivity contribution in [1.82, 2.24) is 24.8 Å². The number of aliphatic carboxylic acids is 1. The Labute approximate surface area is 395 Å². The summed E-state index contributed by atoms with van der Waals surface area (Å²) in [6.45, 7) is 3.35. The van der Waals surface area contributed by atoms with Crippen LogP contribution in [0.25, 0.3) is 21.9 Å². The summed E-state index contributed by atoms with van der Waals surface area (Å²) >= 11 is 0. The van der Waals surface area contributed by atoms with Crippen LogP contribution in [0.1, 0.15) is 65.5 Å². The summed E-state index contributed by atoms with van der Waals surface area (Å²) in [5, 5.41) is 56.5. The number of ether oxygens (including phenoxy) is 2. The van der Waals surface area contributed by atoms with Crippen LogP contribution in [-0.2, 0) is 54.8 Å². The van der Waals surface area contributed by atoms with Gasteiger partial charge in [0, 0.05) is 67.6 Å². The topological polar surface area (TPSA) is 306 Å². The van der Waals surface area contributed by atoms with Crippen LogP contribution in [0.2, 0.25) is 0 Å². The molecule has 21 nitrogen and oxygen atoms in total. The molecule has 0 saturated carbocycles. The van der Waals surface area contributed by atoms with Gasteiger partial charge < -0.3 is 60.4 Å². The summed E-state index contributed by atoms with van der Waals surface area (Å²) < 4.78 is 13.8. The Morgan fingerprint density at radius 2 is 1.52 bits per heavy atom. The Morgan fingerprint density at radius 3 is 2.20 bits per heavy atom. The van der Waals surface area contributed by atoms with E-state index in [4.69, 9.17) is 20.2 Å². The summed E-state index contributed by atoms with van der Waals surface area (Å²) in [6.07, 6.45) is -5.02. The van der Waals surface area contributed by atoms with Crippen LogP contribution in [-0.4, -0.2) is 143 Å². The number of unbranched alkanes of at least 4 members (excludes halogenated alkanes) is 1. The highest BCUT2D eigenvalue weighted by molar-refractivity contribution is 6.13. The molecule has 3 aromatic carbocycles. The number of imidazole rings is 1. The van der Waals surface area contributed by atoms with E-state index in [9.17, 15) is 54.3 Å². The summed E-state index contributed by atoms with van der Waals surface area (Å²) in [4.78, 5) is 83.2. The molecule has 21 heteroatoms. The molecule has 4 amide bonds. The van der Waals surface area contributed by atoms with Gasteiger partial charge in [0.1, 0.15) is 48.5 Å². The fraction of sp³-hybridized carbons (Fsp3) is 0.375. The van der Waals surface area contributed by atoms with Crippen molar-refractivity contribution >= 4 is 69.0 Å². The maximum Gasteiger partial charge on any atom is 0.335 e. The first-order valence-electron chi connectivity index (χ1n) is 22.4. The van der Waals surface area contributed by atoms with Crippen LogP contribution < -0.4 is 21.1 Å². The molecule has 0 radical (unpaired) electrons. The number of imide groups is 1. The van der Waals surface area contributed by atoms with Gasteiger partial charge in [-0.2, -0.15) is 0 Å². The monoisotopic (exact) mass is 951 g/mol. The average molecular weight is 952 g/mol. The summed E-state index contributed by atoms with van der Waals surface area (Å²) in [7, 11) is 4.04. The second-order valence-electron chi connectivity index (χ2n) is 17.8. The summed E-state index contributed by atoms with van der Waals surface area (Å²) in [5.41, 5.74) is 11.2. The number of aliphatic hydroxyl groups excluding tert-OH is 3. The number of carbonyl (C=O) groups is 6. The third kappa shape index (κ3) is 11.5. The molecule has 4 heterocycles. The lowest BCUT2D eigenvalue weighted by Crippen LogP contribution is -2.61. The van der Waals surface area contributed by atoms with Gasteiger partial charge in [0.25, 0.3) is 11.8 Å². The molecule has 0 unspecified atom stereocenters. The first-order valence-corrected chi connectivity index (χ1v) is 22.4. The lowest BCUT2D eigenvalue weighted by molar-refractivity contribution is -0.916. The summed E-state index contributed by atoms with van der Waals surface area (Å²) in [5.74, 6) is -3.74. The predicted molar refractivity (Wildman–Crippen MR) is 248 cm³/mol. The van der Waals surface area contributed by atoms with Gasteiger partial charge in [-0.05, 0) is 48.4 Å². The maximum absolute atomic E-state index is 13.3. The molecule has 2 aliphatic rings. The van der Waals surface area contributed by atoms with E-state index in [0.717, 1.165) is 63.3 Å². The van der Waals surface area contributed by atoms with Crippen molar-refractivity contribution in [2.75, 3.05) is 38.2 Å². The molecule has 9 N–H and O–H groups in total. The molecule has 69 heavy (non-hydrogen) atoms. The molecule has 5 atom stereocenters. The molecular weight excluding hydrogens is 897 g/mol. The molecule has 7 rings (SSSR count). The number of carboxylic acid groups (broad SMARTS) is 2. The van der Waals surface area contributed by atoms with Gasteiger partial charge in [0.05, 0.1) is 36.4 Å². The largest absolute Gasteiger partial charge is 0.479 e. The van der Waals surface area contributed by atoms with Crippen molar-refractivity contribution in [2.45, 2.75) is 89.4 Å². The lowest BCUT2D eigenvalue weighted by atomic mass is 9.99. The SMILES string of the molecule is CCCCc1nc2c(N)nc3cc(C(=O)O)ccc3c2n1Cc1ccc(C[N+](C)(C)Cc2ccc(O[C@@H]3O[C@H](C(=O)O)[C@@H](O)[C@H](O)[C@H]3O)c(NC(=O)CCNC(=O)CCN3C(=O)C=CC3=O)c2)cc1. The van der Waals surface area contributed by atoms with E-state index in [1.54, 1.807) is 24.3 Å². The quantitative estimate of drug-likeness (QED) is 0.0409. The number of benzene rings is 3. The van der Waals surface area contributed by atoms with E-state index in [1.807, 2.05) is 38.4 Å². The average Bonchev–Trinajstić information content (AvgIpc) is 3.83. The van der Waals surface area contributed by atoms with Gasteiger partial charge in [0.2, 0.25) is 18.1 Å². The molecule has 0 spiro atoms. The second-order valence-corrected chi connectivity index (χ2v) is 17.8. The van der Waals surface area contributed by atoms with Crippen molar-refractivity contribution in [3.05, 3.63) is 101 Å². The normalized spacial score (nSPS) is 19.3. The molecule has 5 aromatic rings. The van der Waals surface area contributed by atoms with Gasteiger partial charge in [-0.1, -0.05) is 37.6 Å². The van der Waals surface area contributed by atoms with Crippen LogP contribution in [0.4, 0.5) is 11.5 Å². The van der Waals surface area contributed by atoms with Crippen LogP contribution >= 0.6 is 0 Å². The summed E-state index contributed by atoms with van der Waals surface area (Å²) in [6, 6.07) is 17.8. The number of pyridine rings is 1. The van der Waals surface area contributed by atoms with E-state index in [0.29, 0.717) is 41.6 Å². The Kier molecular flexibility index (Phi) is 15.0. The molecular formula is C48H55N8O13+. The van der Waals surface area contributed by atoms with Gasteiger partial charge in [-0.3, -0.25) is 24.1 Å². The number of aromatic carboxylic acids is 1. The number of amides is 4. The molecule has 0 aliphatic carbocycles. The Balaban J connectivity index is 1.06. The number of hydrogen-bond acceptors (Lipinski definition) is 14. The van der Waals surface area contributed by atoms with Crippen molar-refractivity contribution in [3.8, 4) is 5.75 Å². The maximum atomic E-state index is 13.3. The first-order chi connectivity index (χ1) is 32.8. The van der Waals surface area contributed by atoms with Crippen molar-refractivity contribution in [3.63, 3.8) is 0 Å². The standard InChI is InChI=1S/C48H54N8O13/c1-4-5-6-34-53-39-40(30-13-12-29(46(64)65)22-31(30)52-45(39)49)55(34)23-26-7-9-27(10-8-26)24-56(2,3)25-28-11-14-33(68-48-43(63)41(61)42(62)44(69-48)47(66)67)32(21-28)51-36(58)17-19-50-35(57)18-20-54-37(59)15-16-38(54)60/h7-16,21-22,41-44,48,61-63H,4-6,17-20,23-25H2,1-3H3,(H5-,49,50,51,52,57,58,64,65,66,67)/p+1/t41-,42-,43+,44-,48+/m0/s1. The van der Waals surface area contributed by atoms with Crippen molar-refractivity contribution in [2.24, 2.45) is 0 Å². The number of aliphatic hydroxyl groups is 3. The highest BCUT2D eigenvalue weighted by Gasteiger charge is 2.48. The van der Waals surface area contributed by atoms with Gasteiger partial charge in [0.15, 0.2) is 11.9 Å². The molecule has 364 valence electrons. The number of nitrogens with one attached hydrogen (secondary N) is 2. The van der Waals surface area contributed by atoms with E-state index < -0.39 is 66.3 Å². The minimum atomic E-state index is -1.95. The second kappa shape index (κ2) is 20.9. The number of hydrogen-bond donors (Lipinski definition) is 8. The first kappa shape index (κ1) is 49.6. The molecule has 2 aliphatic heterocycles. The number of nitrogens with zero attached hydrogens (tertiary/aromatic N) is 5. The number of quaternary nitrogens is 1. The van der Waals surface area contributed by atoms with Gasteiger partial charge >= 0.3 is 11.9 Å². The van der Waals surface area contributed by atoms with Crippen molar-refractivity contribution < 1.29 is 68.3 Å². The van der Waals surface area contributed by atoms with E-state index in [1.165, 1.54) is 12.1 Å². The number of carboxylic acids is 2. The van der Waals surface area contributed by atoms with Crippen LogP contribution in [0.5, 0.6) is 5.75 Å². The third-order valence-electron chi connectivity index (χ3n) is 11.9. The number of fused-ring (bicyclic) bond motifs is 3. The smallest absolute Gasteiger partial charge is 0.335 e. The minimum absolute atomic E-state index is 0.0529. The number of anilines is 2. The highest BCUT2D eigenvalue weighted by Crippen LogP contribution is 2.33. The number of nitrogens with two attached hydrogens (primary N) is 1. The van der Waals surface area contributed by atoms with E-state index in [2.05, 4.69) is 27.1 Å². The van der Waals surface area contributed by atoms with Crippen LogP contribution in [0.15, 0.2) is 72.8 Å². The van der Waals surface area contributed by atoms with E-state index >= 15 is 0 Å². The number of aryl methyl sites for hydroxylation is 1. The zero-order valence-corrected chi connectivity index (χ0v) is 38.2. The van der Waals surface area contributed by atoms with Gasteiger partial charge in [-0.15, -0.1) is 0 Å². The predicted octanol–water partition coefficient (Wildman–Crippen LogP) is 2.06. The van der Waals surface area contributed by atoms with Crippen molar-refractivity contribution in [1.29, 1.82) is 0 Å². The van der Waals surface area contributed by atoms with E-state index in [-0.39, 0.29) is 48.7 Å². The lowest BCUT2D eigenvalue weighted by Gasteiger charge is -2.38. The van der Waals surface area contributed by atoms with Gasteiger partial charge in [-0.25, -0.2) is 19.6 Å². The fourth-order valence-corrected chi connectivity index (χ4v) is 8.40.